The first-order chi connectivity index (χ1) is 7.59. The first-order valence-corrected chi connectivity index (χ1v) is 6.60. The molecule has 4 heteroatoms. The number of Topliss-reactive ketones (excluding diaryl/α,β-unsaturated/α-hetero) is 1. The highest BCUT2D eigenvalue weighted by atomic mass is 79.9. The molecule has 0 bridgehead atoms. The lowest BCUT2D eigenvalue weighted by Crippen LogP contribution is -2.23. The third-order valence-corrected chi connectivity index (χ3v) is 4.09. The second-order valence-electron chi connectivity index (χ2n) is 4.79. The van der Waals surface area contributed by atoms with Gasteiger partial charge in [0.2, 0.25) is 0 Å². The van der Waals surface area contributed by atoms with Gasteiger partial charge in [-0.15, -0.1) is 0 Å². The lowest BCUT2D eigenvalue weighted by Gasteiger charge is -2.25. The van der Waals surface area contributed by atoms with Crippen molar-refractivity contribution in [1.29, 1.82) is 0 Å². The maximum absolute atomic E-state index is 12.3. The fourth-order valence-electron chi connectivity index (χ4n) is 2.40. The van der Waals surface area contributed by atoms with Crippen LogP contribution in [-0.4, -0.2) is 15.6 Å². The molecule has 1 saturated carbocycles. The highest BCUT2D eigenvalue weighted by Gasteiger charge is 2.28. The summed E-state index contributed by atoms with van der Waals surface area (Å²) in [6.07, 6.45) is 6.09. The third-order valence-electron chi connectivity index (χ3n) is 3.51. The first kappa shape index (κ1) is 11.8. The first-order valence-electron chi connectivity index (χ1n) is 5.81. The van der Waals surface area contributed by atoms with Gasteiger partial charge in [-0.1, -0.05) is 19.8 Å². The molecule has 1 aliphatic carbocycles. The summed E-state index contributed by atoms with van der Waals surface area (Å²) < 4.78 is 2.49. The molecule has 1 aromatic rings. The molecule has 1 fully saturated rings. The second kappa shape index (κ2) is 4.70. The Morgan fingerprint density at radius 2 is 2.06 bits per heavy atom. The zero-order valence-corrected chi connectivity index (χ0v) is 11.3. The largest absolute Gasteiger partial charge is 0.292 e. The summed E-state index contributed by atoms with van der Waals surface area (Å²) in [5.74, 6) is 1.22. The van der Waals surface area contributed by atoms with Crippen molar-refractivity contribution >= 4 is 21.7 Å². The molecule has 0 aliphatic heterocycles. The normalized spacial score (nSPS) is 25.7. The molecule has 0 N–H and O–H groups in total. The van der Waals surface area contributed by atoms with Crippen LogP contribution in [0.2, 0.25) is 0 Å². The van der Waals surface area contributed by atoms with Gasteiger partial charge < -0.3 is 0 Å². The standard InChI is InChI=1S/C12H17BrN2O/c1-8-3-5-9(6-4-8)12(16)11-10(13)7-14-15(11)2/h7-9H,3-6H2,1-2H3. The molecule has 0 saturated heterocycles. The molecular formula is C12H17BrN2O. The average Bonchev–Trinajstić information content (AvgIpc) is 2.59. The monoisotopic (exact) mass is 284 g/mol. The van der Waals surface area contributed by atoms with Crippen molar-refractivity contribution in [3.05, 3.63) is 16.4 Å². The van der Waals surface area contributed by atoms with Crippen LogP contribution in [0.25, 0.3) is 0 Å². The molecule has 0 radical (unpaired) electrons. The van der Waals surface area contributed by atoms with Crippen molar-refractivity contribution in [2.75, 3.05) is 0 Å². The Labute approximate surface area is 104 Å². The molecule has 88 valence electrons. The molecule has 1 aromatic heterocycles. The van der Waals surface area contributed by atoms with E-state index in [9.17, 15) is 4.79 Å². The number of ketones is 1. The van der Waals surface area contributed by atoms with Crippen LogP contribution in [0.3, 0.4) is 0 Å². The van der Waals surface area contributed by atoms with Crippen LogP contribution in [0.5, 0.6) is 0 Å². The molecule has 16 heavy (non-hydrogen) atoms. The van der Waals surface area contributed by atoms with Gasteiger partial charge in [0.15, 0.2) is 5.78 Å². The van der Waals surface area contributed by atoms with Crippen molar-refractivity contribution < 1.29 is 4.79 Å². The van der Waals surface area contributed by atoms with Gasteiger partial charge in [-0.3, -0.25) is 9.48 Å². The Morgan fingerprint density at radius 3 is 2.56 bits per heavy atom. The second-order valence-corrected chi connectivity index (χ2v) is 5.64. The van der Waals surface area contributed by atoms with Crippen LogP contribution in [0, 0.1) is 11.8 Å². The molecule has 2 rings (SSSR count). The van der Waals surface area contributed by atoms with Crippen molar-refractivity contribution in [2.45, 2.75) is 32.6 Å². The Morgan fingerprint density at radius 1 is 1.44 bits per heavy atom. The number of halogens is 1. The zero-order chi connectivity index (χ0) is 11.7. The maximum Gasteiger partial charge on any atom is 0.185 e. The minimum Gasteiger partial charge on any atom is -0.292 e. The lowest BCUT2D eigenvalue weighted by molar-refractivity contribution is 0.0865. The summed E-state index contributed by atoms with van der Waals surface area (Å²) in [5, 5.41) is 4.10. The third kappa shape index (κ3) is 2.21. The lowest BCUT2D eigenvalue weighted by atomic mass is 9.80. The quantitative estimate of drug-likeness (QED) is 0.782. The van der Waals surface area contributed by atoms with Crippen LogP contribution in [0.4, 0.5) is 0 Å². The predicted molar refractivity (Wildman–Crippen MR) is 66.4 cm³/mol. The summed E-state index contributed by atoms with van der Waals surface area (Å²) >= 11 is 3.39. The van der Waals surface area contributed by atoms with E-state index < -0.39 is 0 Å². The molecular weight excluding hydrogens is 268 g/mol. The van der Waals surface area contributed by atoms with Gasteiger partial charge >= 0.3 is 0 Å². The average molecular weight is 285 g/mol. The Kier molecular flexibility index (Phi) is 3.47. The van der Waals surface area contributed by atoms with E-state index in [-0.39, 0.29) is 11.7 Å². The van der Waals surface area contributed by atoms with E-state index >= 15 is 0 Å². The van der Waals surface area contributed by atoms with Crippen LogP contribution in [0.1, 0.15) is 43.1 Å². The van der Waals surface area contributed by atoms with Gasteiger partial charge in [0, 0.05) is 13.0 Å². The summed E-state index contributed by atoms with van der Waals surface area (Å²) in [6.45, 7) is 2.26. The molecule has 1 aliphatic rings. The van der Waals surface area contributed by atoms with Gasteiger partial charge in [0.1, 0.15) is 5.69 Å². The summed E-state index contributed by atoms with van der Waals surface area (Å²) in [5.41, 5.74) is 0.722. The van der Waals surface area contributed by atoms with Gasteiger partial charge in [-0.25, -0.2) is 0 Å². The fraction of sp³-hybridized carbons (Fsp3) is 0.667. The summed E-state index contributed by atoms with van der Waals surface area (Å²) in [4.78, 5) is 12.3. The van der Waals surface area contributed by atoms with Crippen LogP contribution < -0.4 is 0 Å². The topological polar surface area (TPSA) is 34.9 Å². The number of hydrogen-bond donors (Lipinski definition) is 0. The Bertz CT molecular complexity index is 372. The van der Waals surface area contributed by atoms with Crippen molar-refractivity contribution in [1.82, 2.24) is 9.78 Å². The smallest absolute Gasteiger partial charge is 0.185 e. The van der Waals surface area contributed by atoms with Crippen LogP contribution in [0.15, 0.2) is 10.7 Å². The van der Waals surface area contributed by atoms with Gasteiger partial charge in [-0.05, 0) is 34.7 Å². The number of rotatable bonds is 2. The fourth-order valence-corrected chi connectivity index (χ4v) is 2.95. The summed E-state index contributed by atoms with van der Waals surface area (Å²) in [6, 6.07) is 0. The number of hydrogen-bond acceptors (Lipinski definition) is 2. The highest BCUT2D eigenvalue weighted by Crippen LogP contribution is 2.31. The molecule has 0 aromatic carbocycles. The molecule has 0 unspecified atom stereocenters. The minimum absolute atomic E-state index is 0.197. The predicted octanol–water partition coefficient (Wildman–Crippen LogP) is 3.19. The number of nitrogens with zero attached hydrogens (tertiary/aromatic N) is 2. The molecule has 1 heterocycles. The van der Waals surface area contributed by atoms with Crippen LogP contribution >= 0.6 is 15.9 Å². The van der Waals surface area contributed by atoms with Crippen molar-refractivity contribution in [3.8, 4) is 0 Å². The molecule has 3 nitrogen and oxygen atoms in total. The molecule has 0 atom stereocenters. The van der Waals surface area contributed by atoms with Crippen molar-refractivity contribution in [2.24, 2.45) is 18.9 Å². The van der Waals surface area contributed by atoms with E-state index in [1.54, 1.807) is 10.9 Å². The van der Waals surface area contributed by atoms with Crippen molar-refractivity contribution in [3.63, 3.8) is 0 Å². The Hall–Kier alpha value is -0.640. The minimum atomic E-state index is 0.197. The van der Waals surface area contributed by atoms with E-state index in [2.05, 4.69) is 28.0 Å². The molecule has 0 amide bonds. The van der Waals surface area contributed by atoms with E-state index in [1.807, 2.05) is 7.05 Å². The van der Waals surface area contributed by atoms with E-state index in [4.69, 9.17) is 0 Å². The SMILES string of the molecule is CC1CCC(C(=O)c2c(Br)cnn2C)CC1. The maximum atomic E-state index is 12.3. The number of carbonyl (C=O) groups excluding carboxylic acids is 1. The number of carbonyl (C=O) groups is 1. The summed E-state index contributed by atoms with van der Waals surface area (Å²) in [7, 11) is 1.82. The van der Waals surface area contributed by atoms with Gasteiger partial charge in [0.05, 0.1) is 10.7 Å². The van der Waals surface area contributed by atoms with Gasteiger partial charge in [0.25, 0.3) is 0 Å². The zero-order valence-electron chi connectivity index (χ0n) is 9.74. The van der Waals surface area contributed by atoms with E-state index in [0.29, 0.717) is 0 Å². The van der Waals surface area contributed by atoms with Gasteiger partial charge in [-0.2, -0.15) is 5.10 Å². The van der Waals surface area contributed by atoms with E-state index in [1.165, 1.54) is 12.8 Å². The molecule has 0 spiro atoms. The van der Waals surface area contributed by atoms with E-state index in [0.717, 1.165) is 28.9 Å². The van der Waals surface area contributed by atoms with Crippen LogP contribution in [-0.2, 0) is 7.05 Å². The highest BCUT2D eigenvalue weighted by molar-refractivity contribution is 9.10. The number of aromatic nitrogens is 2. The number of aryl methyl sites for hydroxylation is 1. The Balaban J connectivity index is 2.14.